The van der Waals surface area contributed by atoms with Gasteiger partial charge in [0.25, 0.3) is 11.1 Å². The first-order valence-electron chi connectivity index (χ1n) is 6.93. The Kier molecular flexibility index (Phi) is 4.78. The van der Waals surface area contributed by atoms with Gasteiger partial charge < -0.3 is 8.83 Å². The zero-order valence-electron chi connectivity index (χ0n) is 12.8. The van der Waals surface area contributed by atoms with Crippen LogP contribution in [0.4, 0.5) is 0 Å². The van der Waals surface area contributed by atoms with Gasteiger partial charge in [0.1, 0.15) is 10.8 Å². The first-order chi connectivity index (χ1) is 11.6. The van der Waals surface area contributed by atoms with Crippen molar-refractivity contribution in [1.82, 2.24) is 15.2 Å². The highest BCUT2D eigenvalue weighted by molar-refractivity contribution is 7.99. The lowest BCUT2D eigenvalue weighted by atomic mass is 10.1. The van der Waals surface area contributed by atoms with Crippen LogP contribution in [0, 0.1) is 25.2 Å². The number of hydrogen-bond acceptors (Lipinski definition) is 9. The number of thioether (sulfide) groups is 1. The van der Waals surface area contributed by atoms with Gasteiger partial charge in [-0.1, -0.05) is 11.8 Å². The lowest BCUT2D eigenvalue weighted by Gasteiger charge is -2.02. The van der Waals surface area contributed by atoms with Crippen molar-refractivity contribution < 1.29 is 13.6 Å². The second-order valence-electron chi connectivity index (χ2n) is 4.91. The summed E-state index contributed by atoms with van der Waals surface area (Å²) in [5, 5.41) is 19.7. The Balaban J connectivity index is 1.65. The van der Waals surface area contributed by atoms with E-state index in [1.54, 1.807) is 19.3 Å². The Labute approximate surface area is 145 Å². The average molecular weight is 360 g/mol. The van der Waals surface area contributed by atoms with Gasteiger partial charge in [-0.2, -0.15) is 5.26 Å². The summed E-state index contributed by atoms with van der Waals surface area (Å²) >= 11 is 2.41. The minimum absolute atomic E-state index is 0.0584. The normalized spacial score (nSPS) is 12.0. The largest absolute Gasteiger partial charge is 0.469 e. The number of hydrogen-bond donors (Lipinski definition) is 0. The van der Waals surface area contributed by atoms with E-state index in [9.17, 15) is 10.1 Å². The van der Waals surface area contributed by atoms with Crippen LogP contribution in [0.3, 0.4) is 0 Å². The van der Waals surface area contributed by atoms with Gasteiger partial charge in [-0.3, -0.25) is 4.79 Å². The van der Waals surface area contributed by atoms with Gasteiger partial charge >= 0.3 is 0 Å². The van der Waals surface area contributed by atoms with E-state index in [2.05, 4.69) is 15.2 Å². The first-order valence-corrected chi connectivity index (χ1v) is 8.80. The third kappa shape index (κ3) is 3.39. The highest BCUT2D eigenvalue weighted by atomic mass is 32.2. The average Bonchev–Trinajstić information content (AvgIpc) is 3.27. The molecule has 9 heteroatoms. The molecule has 3 rings (SSSR count). The Hall–Kier alpha value is -2.44. The number of ketones is 1. The molecule has 0 aliphatic rings. The number of thiazole rings is 1. The first kappa shape index (κ1) is 16.4. The molecule has 1 atom stereocenters. The van der Waals surface area contributed by atoms with Gasteiger partial charge in [-0.15, -0.1) is 21.5 Å². The van der Waals surface area contributed by atoms with Crippen molar-refractivity contribution in [3.8, 4) is 17.5 Å². The molecule has 0 amide bonds. The van der Waals surface area contributed by atoms with E-state index in [0.717, 1.165) is 17.5 Å². The molecule has 0 fully saturated rings. The fraction of sp³-hybridized carbons (Fsp3) is 0.267. The van der Waals surface area contributed by atoms with Crippen molar-refractivity contribution in [1.29, 1.82) is 5.26 Å². The molecule has 122 valence electrons. The monoisotopic (exact) mass is 360 g/mol. The molecule has 3 aromatic rings. The Morgan fingerprint density at radius 1 is 1.46 bits per heavy atom. The molecule has 0 unspecified atom stereocenters. The van der Waals surface area contributed by atoms with Gasteiger partial charge in [0.2, 0.25) is 0 Å². The number of aryl methyl sites for hydroxylation is 2. The van der Waals surface area contributed by atoms with Crippen LogP contribution in [0.1, 0.15) is 22.4 Å². The summed E-state index contributed by atoms with van der Waals surface area (Å²) in [5.74, 6) is -0.0348. The van der Waals surface area contributed by atoms with Crippen molar-refractivity contribution in [2.45, 2.75) is 25.0 Å². The number of carbonyl (C=O) groups excluding carboxylic acids is 1. The van der Waals surface area contributed by atoms with Crippen LogP contribution in [0.2, 0.25) is 0 Å². The molecule has 0 aliphatic heterocycles. The van der Waals surface area contributed by atoms with Crippen LogP contribution in [0.25, 0.3) is 11.5 Å². The van der Waals surface area contributed by atoms with Gasteiger partial charge in [-0.05, 0) is 19.9 Å². The minimum atomic E-state index is -0.866. The molecule has 0 spiro atoms. The standard InChI is InChI=1S/C15H12N4O3S2/c1-8-6-23-14(17-8)11(5-16)12(20)7-24-15-19-18-13(22-15)10-3-4-21-9(10)2/h3-4,6,11H,7H2,1-2H3/t11-/m1/s1. The van der Waals surface area contributed by atoms with Gasteiger partial charge in [-0.25, -0.2) is 4.98 Å². The maximum atomic E-state index is 12.3. The molecule has 0 aliphatic carbocycles. The minimum Gasteiger partial charge on any atom is -0.469 e. The van der Waals surface area contributed by atoms with Crippen LogP contribution >= 0.6 is 23.1 Å². The fourth-order valence-corrected chi connectivity index (χ4v) is 3.50. The molecule has 24 heavy (non-hydrogen) atoms. The van der Waals surface area contributed by atoms with Crippen LogP contribution in [0.5, 0.6) is 0 Å². The van der Waals surface area contributed by atoms with Crippen LogP contribution in [-0.2, 0) is 4.79 Å². The molecule has 7 nitrogen and oxygen atoms in total. The lowest BCUT2D eigenvalue weighted by molar-refractivity contribution is -0.116. The third-order valence-electron chi connectivity index (χ3n) is 3.17. The van der Waals surface area contributed by atoms with Crippen LogP contribution in [0.15, 0.2) is 31.8 Å². The highest BCUT2D eigenvalue weighted by Gasteiger charge is 2.24. The number of aromatic nitrogens is 3. The smallest absolute Gasteiger partial charge is 0.277 e. The summed E-state index contributed by atoms with van der Waals surface area (Å²) < 4.78 is 10.7. The van der Waals surface area contributed by atoms with E-state index in [1.165, 1.54) is 11.3 Å². The van der Waals surface area contributed by atoms with Gasteiger partial charge in [0, 0.05) is 11.1 Å². The molecular weight excluding hydrogens is 348 g/mol. The zero-order chi connectivity index (χ0) is 17.1. The Morgan fingerprint density at radius 3 is 2.92 bits per heavy atom. The van der Waals surface area contributed by atoms with E-state index in [4.69, 9.17) is 8.83 Å². The predicted octanol–water partition coefficient (Wildman–Crippen LogP) is 3.37. The predicted molar refractivity (Wildman–Crippen MR) is 87.7 cm³/mol. The van der Waals surface area contributed by atoms with Crippen LogP contribution in [-0.4, -0.2) is 26.7 Å². The molecule has 0 radical (unpaired) electrons. The van der Waals surface area contributed by atoms with Crippen LogP contribution < -0.4 is 0 Å². The summed E-state index contributed by atoms with van der Waals surface area (Å²) in [6.45, 7) is 3.62. The summed E-state index contributed by atoms with van der Waals surface area (Å²) in [7, 11) is 0. The maximum absolute atomic E-state index is 12.3. The van der Waals surface area contributed by atoms with Crippen molar-refractivity contribution in [2.24, 2.45) is 0 Å². The quantitative estimate of drug-likeness (QED) is 0.616. The molecular formula is C15H12N4O3S2. The second-order valence-corrected chi connectivity index (χ2v) is 6.72. The van der Waals surface area contributed by atoms with Gasteiger partial charge in [0.15, 0.2) is 11.7 Å². The number of carbonyl (C=O) groups is 1. The van der Waals surface area contributed by atoms with Crippen molar-refractivity contribution >= 4 is 28.9 Å². The Morgan fingerprint density at radius 2 is 2.29 bits per heavy atom. The molecule has 3 aromatic heterocycles. The fourth-order valence-electron chi connectivity index (χ4n) is 1.97. The lowest BCUT2D eigenvalue weighted by Crippen LogP contribution is -2.13. The van der Waals surface area contributed by atoms with Gasteiger partial charge in [0.05, 0.1) is 23.6 Å². The number of rotatable bonds is 6. The van der Waals surface area contributed by atoms with Crippen molar-refractivity contribution in [3.05, 3.63) is 34.2 Å². The molecule has 0 saturated heterocycles. The highest BCUT2D eigenvalue weighted by Crippen LogP contribution is 2.28. The zero-order valence-corrected chi connectivity index (χ0v) is 14.5. The van der Waals surface area contributed by atoms with E-state index in [1.807, 2.05) is 18.4 Å². The number of furan rings is 1. The second kappa shape index (κ2) is 6.98. The summed E-state index contributed by atoms with van der Waals surface area (Å²) in [4.78, 5) is 16.5. The van der Waals surface area contributed by atoms with Crippen molar-refractivity contribution in [3.63, 3.8) is 0 Å². The topological polar surface area (TPSA) is 106 Å². The number of Topliss-reactive ketones (excluding diaryl/α,β-unsaturated/α-hetero) is 1. The summed E-state index contributed by atoms with van der Waals surface area (Å²) in [6, 6.07) is 3.74. The summed E-state index contributed by atoms with van der Waals surface area (Å²) in [5.41, 5.74) is 1.52. The molecule has 0 N–H and O–H groups in total. The van der Waals surface area contributed by atoms with E-state index in [-0.39, 0.29) is 16.8 Å². The molecule has 0 aromatic carbocycles. The van der Waals surface area contributed by atoms with E-state index < -0.39 is 5.92 Å². The summed E-state index contributed by atoms with van der Waals surface area (Å²) in [6.07, 6.45) is 1.54. The van der Waals surface area contributed by atoms with E-state index >= 15 is 0 Å². The SMILES string of the molecule is Cc1csc([C@H](C#N)C(=O)CSc2nnc(-c3ccoc3C)o2)n1. The Bertz CT molecular complexity index is 906. The molecule has 3 heterocycles. The van der Waals surface area contributed by atoms with Crippen molar-refractivity contribution in [2.75, 3.05) is 5.75 Å². The molecule has 0 bridgehead atoms. The maximum Gasteiger partial charge on any atom is 0.277 e. The molecule has 0 saturated carbocycles. The number of nitriles is 1. The van der Waals surface area contributed by atoms with E-state index in [0.29, 0.717) is 22.2 Å². The third-order valence-corrected chi connectivity index (χ3v) is 5.04. The number of nitrogens with zero attached hydrogens (tertiary/aromatic N) is 4.